The third-order valence-corrected chi connectivity index (χ3v) is 14.1. The lowest BCUT2D eigenvalue weighted by molar-refractivity contribution is -0.136. The number of fused-ring (bicyclic) bond motifs is 6. The van der Waals surface area contributed by atoms with E-state index in [2.05, 4.69) is 50.9 Å². The quantitative estimate of drug-likeness (QED) is 0.106. The molecule has 4 aromatic rings. The fraction of sp³-hybridized carbons (Fsp3) is 0.551. The Labute approximate surface area is 379 Å². The Hall–Kier alpha value is -5.90. The average molecular weight is 891 g/mol. The fourth-order valence-electron chi connectivity index (χ4n) is 10.3. The summed E-state index contributed by atoms with van der Waals surface area (Å²) < 4.78 is 22.4. The number of nitrogens with zero attached hydrogens (tertiary/aromatic N) is 4. The minimum absolute atomic E-state index is 0.117. The summed E-state index contributed by atoms with van der Waals surface area (Å²) in [6.45, 7) is 10.5. The molecule has 16 heteroatoms. The normalized spacial score (nSPS) is 20.8. The maximum Gasteiger partial charge on any atom is 0.407 e. The van der Waals surface area contributed by atoms with Gasteiger partial charge in [-0.15, -0.1) is 0 Å². The van der Waals surface area contributed by atoms with Gasteiger partial charge in [-0.3, -0.25) is 9.59 Å². The number of H-pyrrole nitrogens is 2. The van der Waals surface area contributed by atoms with Crippen molar-refractivity contribution in [2.24, 2.45) is 23.7 Å². The standard InChI is InChI=1S/C49H62N8O8/c1-26(2)41(54-48(60)62-5)46(58)56-16-8-11-38(56)44-50-21-37(52-44)31-12-14-33-32(18-31)25-65-40-20-34-30(19-35(33)40)13-15-36-43(34)53-45(51-36)39-17-29(24-64-23-28-9-7-10-28)22-57(39)47(59)42(27(3)4)55-49(61)63-6/h12,14,18-21,26-29,38-39,41-42H,7-11,13,15-17,22-25H2,1-6H3,(H,50,52)(H,51,53)(H,54,60)(H,55,61)/t29?,38-,39-,41-,42-/m0/s1. The van der Waals surface area contributed by atoms with E-state index in [-0.39, 0.29) is 41.7 Å². The monoisotopic (exact) mass is 890 g/mol. The van der Waals surface area contributed by atoms with Crippen molar-refractivity contribution in [1.29, 1.82) is 0 Å². The van der Waals surface area contributed by atoms with Gasteiger partial charge in [0.05, 0.1) is 50.5 Å². The molecule has 2 aliphatic carbocycles. The highest BCUT2D eigenvalue weighted by molar-refractivity contribution is 5.88. The van der Waals surface area contributed by atoms with Crippen LogP contribution in [0.2, 0.25) is 0 Å². The van der Waals surface area contributed by atoms with Gasteiger partial charge < -0.3 is 49.3 Å². The SMILES string of the molecule is COC(=O)N[C@H](C(=O)N1CCC[C@H]1c1ncc(-c2ccc3c(c2)COc2cc4c(cc2-3)CCc2[nH]c([C@@H]3CC(COCC5CCC5)CN3C(=O)[C@@H](NC(=O)OC)C(C)C)nc2-4)[nH]1)C(C)C. The topological polar surface area (TPSA) is 193 Å². The molecule has 3 fully saturated rings. The predicted molar refractivity (Wildman–Crippen MR) is 242 cm³/mol. The van der Waals surface area contributed by atoms with Crippen molar-refractivity contribution in [3.8, 4) is 39.4 Å². The summed E-state index contributed by atoms with van der Waals surface area (Å²) in [6.07, 6.45) is 8.18. The molecule has 0 bridgehead atoms. The number of aromatic nitrogens is 4. The second-order valence-electron chi connectivity index (χ2n) is 19.1. The summed E-state index contributed by atoms with van der Waals surface area (Å²) in [5.74, 6) is 2.47. The first-order valence-electron chi connectivity index (χ1n) is 23.4. The molecule has 5 heterocycles. The maximum absolute atomic E-state index is 14.3. The number of alkyl carbamates (subject to hydrolysis) is 2. The molecular formula is C49H62N8O8. The number of hydrogen-bond donors (Lipinski definition) is 4. The number of ether oxygens (including phenoxy) is 4. The molecule has 5 aliphatic rings. The summed E-state index contributed by atoms with van der Waals surface area (Å²) in [5.41, 5.74) is 9.18. The van der Waals surface area contributed by atoms with E-state index in [9.17, 15) is 19.2 Å². The minimum atomic E-state index is -0.744. The molecule has 2 aromatic carbocycles. The molecule has 9 rings (SSSR count). The molecule has 0 spiro atoms. The first-order valence-corrected chi connectivity index (χ1v) is 23.4. The number of methoxy groups -OCH3 is 2. The zero-order valence-corrected chi connectivity index (χ0v) is 38.3. The van der Waals surface area contributed by atoms with Gasteiger partial charge in [0.25, 0.3) is 0 Å². The molecule has 2 aromatic heterocycles. The molecule has 2 saturated heterocycles. The molecule has 65 heavy (non-hydrogen) atoms. The number of imidazole rings is 2. The first-order chi connectivity index (χ1) is 31.4. The maximum atomic E-state index is 14.3. The summed E-state index contributed by atoms with van der Waals surface area (Å²) in [4.78, 5) is 73.3. The Bertz CT molecular complexity index is 2440. The number of nitrogens with one attached hydrogen (secondary N) is 4. The number of benzene rings is 2. The smallest absolute Gasteiger partial charge is 0.407 e. The highest BCUT2D eigenvalue weighted by Gasteiger charge is 2.43. The van der Waals surface area contributed by atoms with Gasteiger partial charge in [0, 0.05) is 42.4 Å². The fourth-order valence-corrected chi connectivity index (χ4v) is 10.3. The second-order valence-corrected chi connectivity index (χ2v) is 19.1. The Morgan fingerprint density at radius 3 is 2.20 bits per heavy atom. The summed E-state index contributed by atoms with van der Waals surface area (Å²) in [7, 11) is 2.60. The van der Waals surface area contributed by atoms with E-state index in [4.69, 9.17) is 28.9 Å². The lowest BCUT2D eigenvalue weighted by Gasteiger charge is -2.30. The van der Waals surface area contributed by atoms with Crippen LogP contribution >= 0.6 is 0 Å². The second kappa shape index (κ2) is 18.5. The first kappa shape index (κ1) is 44.3. The van der Waals surface area contributed by atoms with Crippen LogP contribution in [0.4, 0.5) is 9.59 Å². The molecule has 346 valence electrons. The lowest BCUT2D eigenvalue weighted by atomic mass is 9.86. The van der Waals surface area contributed by atoms with E-state index in [1.165, 1.54) is 39.0 Å². The number of hydrogen-bond acceptors (Lipinski definition) is 10. The zero-order valence-electron chi connectivity index (χ0n) is 38.3. The molecular weight excluding hydrogens is 829 g/mol. The van der Waals surface area contributed by atoms with Gasteiger partial charge >= 0.3 is 12.2 Å². The van der Waals surface area contributed by atoms with Crippen LogP contribution in [0.5, 0.6) is 5.75 Å². The minimum Gasteiger partial charge on any atom is -0.488 e. The van der Waals surface area contributed by atoms with Crippen molar-refractivity contribution in [2.75, 3.05) is 40.5 Å². The number of carbonyl (C=O) groups is 4. The van der Waals surface area contributed by atoms with Crippen LogP contribution in [0.1, 0.15) is 107 Å². The number of likely N-dealkylation sites (tertiary alicyclic amines) is 2. The lowest BCUT2D eigenvalue weighted by Crippen LogP contribution is -2.51. The third-order valence-electron chi connectivity index (χ3n) is 14.1. The van der Waals surface area contributed by atoms with Crippen molar-refractivity contribution in [1.82, 2.24) is 40.4 Å². The van der Waals surface area contributed by atoms with Crippen molar-refractivity contribution in [2.45, 2.75) is 110 Å². The largest absolute Gasteiger partial charge is 0.488 e. The molecule has 3 aliphatic heterocycles. The van der Waals surface area contributed by atoms with Crippen LogP contribution in [-0.4, -0.2) is 106 Å². The zero-order chi connectivity index (χ0) is 45.5. The number of amides is 4. The van der Waals surface area contributed by atoms with E-state index in [1.807, 2.05) is 43.7 Å². The Kier molecular flexibility index (Phi) is 12.6. The van der Waals surface area contributed by atoms with Gasteiger partial charge in [-0.2, -0.15) is 0 Å². The summed E-state index contributed by atoms with van der Waals surface area (Å²) in [5, 5.41) is 5.50. The average Bonchev–Trinajstić information content (AvgIpc) is 4.13. The van der Waals surface area contributed by atoms with Gasteiger partial charge in [-0.05, 0) is 103 Å². The van der Waals surface area contributed by atoms with Crippen molar-refractivity contribution in [3.63, 3.8) is 0 Å². The molecule has 0 radical (unpaired) electrons. The van der Waals surface area contributed by atoms with E-state index in [1.54, 1.807) is 0 Å². The van der Waals surface area contributed by atoms with Crippen LogP contribution in [0.15, 0.2) is 36.5 Å². The van der Waals surface area contributed by atoms with Crippen molar-refractivity contribution in [3.05, 3.63) is 65.0 Å². The van der Waals surface area contributed by atoms with E-state index < -0.39 is 24.3 Å². The van der Waals surface area contributed by atoms with Gasteiger partial charge in [-0.1, -0.05) is 46.2 Å². The van der Waals surface area contributed by atoms with Gasteiger partial charge in [0.15, 0.2) is 0 Å². The summed E-state index contributed by atoms with van der Waals surface area (Å²) in [6, 6.07) is 8.77. The third kappa shape index (κ3) is 8.81. The van der Waals surface area contributed by atoms with E-state index in [0.717, 1.165) is 88.8 Å². The number of aromatic amines is 2. The molecule has 4 amide bonds. The highest BCUT2D eigenvalue weighted by Crippen LogP contribution is 2.46. The van der Waals surface area contributed by atoms with Gasteiger partial charge in [-0.25, -0.2) is 19.6 Å². The molecule has 1 saturated carbocycles. The Morgan fingerprint density at radius 1 is 0.785 bits per heavy atom. The number of rotatable bonds is 13. The molecule has 5 atom stereocenters. The number of aryl methyl sites for hydroxylation is 2. The van der Waals surface area contributed by atoms with Gasteiger partial charge in [0.1, 0.15) is 36.1 Å². The number of carbonyl (C=O) groups excluding carboxylic acids is 4. The van der Waals surface area contributed by atoms with Crippen molar-refractivity contribution >= 4 is 24.0 Å². The van der Waals surface area contributed by atoms with Crippen LogP contribution in [0, 0.1) is 23.7 Å². The van der Waals surface area contributed by atoms with E-state index >= 15 is 0 Å². The highest BCUT2D eigenvalue weighted by atomic mass is 16.5. The molecule has 1 unspecified atom stereocenters. The van der Waals surface area contributed by atoms with Crippen LogP contribution < -0.4 is 15.4 Å². The van der Waals surface area contributed by atoms with Crippen LogP contribution in [0.25, 0.3) is 33.6 Å². The van der Waals surface area contributed by atoms with Gasteiger partial charge in [0.2, 0.25) is 11.8 Å². The Balaban J connectivity index is 0.939. The predicted octanol–water partition coefficient (Wildman–Crippen LogP) is 7.26. The van der Waals surface area contributed by atoms with E-state index in [0.29, 0.717) is 44.5 Å². The summed E-state index contributed by atoms with van der Waals surface area (Å²) >= 11 is 0. The van der Waals surface area contributed by atoms with Crippen molar-refractivity contribution < 1.29 is 38.1 Å². The molecule has 16 nitrogen and oxygen atoms in total. The van der Waals surface area contributed by atoms with Crippen LogP contribution in [0.3, 0.4) is 0 Å². The van der Waals surface area contributed by atoms with Crippen LogP contribution in [-0.2, 0) is 43.2 Å². The molecule has 4 N–H and O–H groups in total. The Morgan fingerprint density at radius 2 is 1.51 bits per heavy atom.